The third-order valence-corrected chi connectivity index (χ3v) is 5.11. The number of hydrogen-bond donors (Lipinski definition) is 2. The molecule has 7 nitrogen and oxygen atoms in total. The molecular weight excluding hydrogens is 330 g/mol. The van der Waals surface area contributed by atoms with E-state index in [1.807, 2.05) is 20.8 Å². The summed E-state index contributed by atoms with van der Waals surface area (Å²) in [7, 11) is 0. The van der Waals surface area contributed by atoms with Crippen molar-refractivity contribution < 1.29 is 9.53 Å². The van der Waals surface area contributed by atoms with Crippen LogP contribution in [0.4, 0.5) is 4.79 Å². The van der Waals surface area contributed by atoms with Gasteiger partial charge in [0.2, 0.25) is 0 Å². The maximum absolute atomic E-state index is 12.0. The minimum atomic E-state index is -0.443. The fourth-order valence-corrected chi connectivity index (χ4v) is 3.56. The zero-order chi connectivity index (χ0) is 18.7. The Morgan fingerprint density at radius 3 is 2.54 bits per heavy atom. The number of carbonyl (C=O) groups is 1. The Bertz CT molecular complexity index is 521. The van der Waals surface area contributed by atoms with Gasteiger partial charge in [-0.25, -0.2) is 4.79 Å². The van der Waals surface area contributed by atoms with Crippen LogP contribution in [0.3, 0.4) is 0 Å². The molecule has 1 amide bonds. The molecule has 3 fully saturated rings. The number of carbonyl (C=O) groups excluding carboxylic acids is 1. The lowest BCUT2D eigenvalue weighted by atomic mass is 10.1. The van der Waals surface area contributed by atoms with E-state index in [1.54, 1.807) is 4.90 Å². The van der Waals surface area contributed by atoms with Crippen LogP contribution in [0.1, 0.15) is 47.0 Å². The fourth-order valence-electron chi connectivity index (χ4n) is 3.56. The minimum absolute atomic E-state index is 0.233. The molecule has 0 aromatic rings. The highest BCUT2D eigenvalue weighted by Gasteiger charge is 2.35. The lowest BCUT2D eigenvalue weighted by Gasteiger charge is -2.40. The second-order valence-electron chi connectivity index (χ2n) is 8.83. The Morgan fingerprint density at radius 1 is 1.19 bits per heavy atom. The highest BCUT2D eigenvalue weighted by molar-refractivity contribution is 5.80. The Morgan fingerprint density at radius 2 is 1.92 bits per heavy atom. The zero-order valence-electron chi connectivity index (χ0n) is 16.8. The maximum Gasteiger partial charge on any atom is 0.410 e. The first kappa shape index (κ1) is 19.3. The van der Waals surface area contributed by atoms with E-state index >= 15 is 0 Å². The monoisotopic (exact) mass is 365 g/mol. The van der Waals surface area contributed by atoms with E-state index in [-0.39, 0.29) is 12.1 Å². The first-order valence-electron chi connectivity index (χ1n) is 10.1. The quantitative estimate of drug-likeness (QED) is 0.573. The molecule has 2 saturated heterocycles. The van der Waals surface area contributed by atoms with Crippen molar-refractivity contribution in [2.45, 2.75) is 64.6 Å². The standard InChI is InChI=1S/C19H35N5O2/c1-5-20-17(21-10-14-8-9-23(11-14)16-6-7-16)22-15-12-24(13-15)18(25)26-19(2,3)4/h14-16H,5-13H2,1-4H3,(H2,20,21,22). The van der Waals surface area contributed by atoms with Crippen molar-refractivity contribution >= 4 is 12.1 Å². The summed E-state index contributed by atoms with van der Waals surface area (Å²) in [5.74, 6) is 1.54. The first-order chi connectivity index (χ1) is 12.3. The second-order valence-corrected chi connectivity index (χ2v) is 8.83. The Balaban J connectivity index is 1.40. The number of guanidine groups is 1. The van der Waals surface area contributed by atoms with Crippen LogP contribution in [-0.2, 0) is 4.74 Å². The van der Waals surface area contributed by atoms with Gasteiger partial charge in [0.1, 0.15) is 5.60 Å². The van der Waals surface area contributed by atoms with Crippen molar-refractivity contribution in [1.29, 1.82) is 0 Å². The van der Waals surface area contributed by atoms with E-state index in [1.165, 1.54) is 32.4 Å². The van der Waals surface area contributed by atoms with Crippen molar-refractivity contribution in [3.63, 3.8) is 0 Å². The van der Waals surface area contributed by atoms with Gasteiger partial charge in [-0.15, -0.1) is 0 Å². The second kappa shape index (κ2) is 8.03. The lowest BCUT2D eigenvalue weighted by Crippen LogP contribution is -2.63. The van der Waals surface area contributed by atoms with Crippen LogP contribution in [-0.4, -0.2) is 78.8 Å². The molecule has 1 unspecified atom stereocenters. The van der Waals surface area contributed by atoms with Crippen molar-refractivity contribution in [1.82, 2.24) is 20.4 Å². The number of rotatable bonds is 5. The molecule has 3 rings (SSSR count). The largest absolute Gasteiger partial charge is 0.444 e. The Kier molecular flexibility index (Phi) is 5.95. The van der Waals surface area contributed by atoms with E-state index in [4.69, 9.17) is 9.73 Å². The minimum Gasteiger partial charge on any atom is -0.444 e. The highest BCUT2D eigenvalue weighted by atomic mass is 16.6. The lowest BCUT2D eigenvalue weighted by molar-refractivity contribution is 0.00700. The molecule has 0 bridgehead atoms. The van der Waals surface area contributed by atoms with E-state index in [0.29, 0.717) is 19.0 Å². The zero-order valence-corrected chi connectivity index (χ0v) is 16.8. The third-order valence-electron chi connectivity index (χ3n) is 5.11. The molecule has 0 radical (unpaired) electrons. The molecule has 26 heavy (non-hydrogen) atoms. The molecule has 1 aliphatic carbocycles. The predicted molar refractivity (Wildman–Crippen MR) is 103 cm³/mol. The molecule has 1 saturated carbocycles. The van der Waals surface area contributed by atoms with Crippen LogP contribution in [0.2, 0.25) is 0 Å². The predicted octanol–water partition coefficient (Wildman–Crippen LogP) is 1.65. The SMILES string of the molecule is CCNC(=NCC1CCN(C2CC2)C1)NC1CN(C(=O)OC(C)(C)C)C1. The van der Waals surface area contributed by atoms with Crippen LogP contribution in [0.25, 0.3) is 0 Å². The smallest absolute Gasteiger partial charge is 0.410 e. The summed E-state index contributed by atoms with van der Waals surface area (Å²) in [6.45, 7) is 13.2. The molecule has 1 atom stereocenters. The number of hydrogen-bond acceptors (Lipinski definition) is 4. The molecule has 2 aliphatic heterocycles. The van der Waals surface area contributed by atoms with Gasteiger partial charge < -0.3 is 25.2 Å². The normalized spacial score (nSPS) is 25.2. The van der Waals surface area contributed by atoms with Gasteiger partial charge in [0.05, 0.1) is 6.04 Å². The number of ether oxygens (including phenoxy) is 1. The summed E-state index contributed by atoms with van der Waals surface area (Å²) in [6.07, 6.45) is 3.80. The van der Waals surface area contributed by atoms with Gasteiger partial charge in [0.15, 0.2) is 5.96 Å². The number of likely N-dealkylation sites (tertiary alicyclic amines) is 2. The molecule has 7 heteroatoms. The average Bonchev–Trinajstić information content (AvgIpc) is 3.25. The topological polar surface area (TPSA) is 69.2 Å². The summed E-state index contributed by atoms with van der Waals surface area (Å²) < 4.78 is 5.40. The van der Waals surface area contributed by atoms with Crippen LogP contribution in [0.15, 0.2) is 4.99 Å². The number of amides is 1. The number of nitrogens with one attached hydrogen (secondary N) is 2. The van der Waals surface area contributed by atoms with Crippen molar-refractivity contribution in [2.24, 2.45) is 10.9 Å². The molecule has 0 aromatic heterocycles. The molecule has 2 heterocycles. The van der Waals surface area contributed by atoms with Gasteiger partial charge in [-0.1, -0.05) is 0 Å². The van der Waals surface area contributed by atoms with E-state index < -0.39 is 5.60 Å². The molecule has 0 aromatic carbocycles. The van der Waals surface area contributed by atoms with Crippen LogP contribution >= 0.6 is 0 Å². The van der Waals surface area contributed by atoms with E-state index in [9.17, 15) is 4.79 Å². The van der Waals surface area contributed by atoms with Crippen LogP contribution in [0, 0.1) is 5.92 Å². The molecule has 3 aliphatic rings. The summed E-state index contributed by atoms with van der Waals surface area (Å²) in [4.78, 5) is 21.2. The Labute approximate surface area is 157 Å². The number of nitrogens with zero attached hydrogens (tertiary/aromatic N) is 3. The molecule has 0 spiro atoms. The van der Waals surface area contributed by atoms with Gasteiger partial charge >= 0.3 is 6.09 Å². The highest BCUT2D eigenvalue weighted by Crippen LogP contribution is 2.31. The van der Waals surface area contributed by atoms with Gasteiger partial charge in [-0.05, 0) is 59.4 Å². The summed E-state index contributed by atoms with van der Waals surface area (Å²) in [5, 5.41) is 6.77. The van der Waals surface area contributed by atoms with Crippen LogP contribution in [0.5, 0.6) is 0 Å². The molecule has 2 N–H and O–H groups in total. The van der Waals surface area contributed by atoms with Gasteiger partial charge in [0, 0.05) is 38.8 Å². The Hall–Kier alpha value is -1.50. The fraction of sp³-hybridized carbons (Fsp3) is 0.895. The third kappa shape index (κ3) is 5.50. The first-order valence-corrected chi connectivity index (χ1v) is 10.1. The number of aliphatic imine (C=N–C) groups is 1. The van der Waals surface area contributed by atoms with E-state index in [0.717, 1.165) is 25.1 Å². The van der Waals surface area contributed by atoms with Crippen LogP contribution < -0.4 is 10.6 Å². The van der Waals surface area contributed by atoms with Gasteiger partial charge in [0.25, 0.3) is 0 Å². The summed E-state index contributed by atoms with van der Waals surface area (Å²) >= 11 is 0. The van der Waals surface area contributed by atoms with Crippen molar-refractivity contribution in [3.8, 4) is 0 Å². The van der Waals surface area contributed by atoms with Crippen molar-refractivity contribution in [2.75, 3.05) is 39.3 Å². The molecular formula is C19H35N5O2. The maximum atomic E-state index is 12.0. The van der Waals surface area contributed by atoms with E-state index in [2.05, 4.69) is 22.5 Å². The summed E-state index contributed by atoms with van der Waals surface area (Å²) in [5.41, 5.74) is -0.443. The average molecular weight is 366 g/mol. The van der Waals surface area contributed by atoms with Crippen molar-refractivity contribution in [3.05, 3.63) is 0 Å². The molecule has 148 valence electrons. The summed E-state index contributed by atoms with van der Waals surface area (Å²) in [6, 6.07) is 1.11. The van der Waals surface area contributed by atoms with Gasteiger partial charge in [-0.2, -0.15) is 0 Å². The van der Waals surface area contributed by atoms with Gasteiger partial charge in [-0.3, -0.25) is 4.99 Å².